The maximum absolute atomic E-state index is 2.57. The van der Waals surface area contributed by atoms with Crippen LogP contribution in [0.4, 0.5) is 0 Å². The van der Waals surface area contributed by atoms with Gasteiger partial charge in [-0.25, -0.2) is 0 Å². The van der Waals surface area contributed by atoms with E-state index in [-0.39, 0.29) is 0 Å². The van der Waals surface area contributed by atoms with E-state index in [0.29, 0.717) is 0 Å². The molecule has 2 aromatic rings. The number of benzene rings is 2. The smallest absolute Gasteiger partial charge is 0.00132 e. The lowest BCUT2D eigenvalue weighted by atomic mass is 9.84. The first-order valence-electron chi connectivity index (χ1n) is 10.5. The van der Waals surface area contributed by atoms with Gasteiger partial charge in [-0.3, -0.25) is 0 Å². The van der Waals surface area contributed by atoms with Gasteiger partial charge in [0.1, 0.15) is 0 Å². The Labute approximate surface area is 154 Å². The second-order valence-corrected chi connectivity index (χ2v) is 7.67. The summed E-state index contributed by atoms with van der Waals surface area (Å²) in [4.78, 5) is 0. The number of rotatable bonds is 9. The van der Waals surface area contributed by atoms with Crippen molar-refractivity contribution in [2.75, 3.05) is 0 Å². The van der Waals surface area contributed by atoms with Crippen molar-refractivity contribution in [3.05, 3.63) is 58.1 Å². The third-order valence-electron chi connectivity index (χ3n) is 5.75. The Morgan fingerprint density at radius 2 is 1.36 bits per heavy atom. The first kappa shape index (κ1) is 18.2. The summed E-state index contributed by atoms with van der Waals surface area (Å²) in [7, 11) is 0. The van der Waals surface area contributed by atoms with E-state index < -0.39 is 0 Å². The standard InChI is InChI=1S/C25H34/c1-4-7-12-19-17-21-18-20-13-10-11-16-23(20)25(21)24(15-9-6-3)22(19)14-8-5-2/h10-11,13,16-17H,4-9,12,14-15,18H2,1-3H3. The van der Waals surface area contributed by atoms with Crippen molar-refractivity contribution in [1.82, 2.24) is 0 Å². The summed E-state index contributed by atoms with van der Waals surface area (Å²) >= 11 is 0. The molecule has 0 nitrogen and oxygen atoms in total. The highest BCUT2D eigenvalue weighted by molar-refractivity contribution is 5.81. The molecule has 0 saturated heterocycles. The van der Waals surface area contributed by atoms with Crippen LogP contribution in [0.2, 0.25) is 0 Å². The highest BCUT2D eigenvalue weighted by Crippen LogP contribution is 2.42. The number of hydrogen-bond donors (Lipinski definition) is 0. The van der Waals surface area contributed by atoms with Crippen molar-refractivity contribution in [3.8, 4) is 11.1 Å². The fraction of sp³-hybridized carbons (Fsp3) is 0.520. The van der Waals surface area contributed by atoms with Crippen molar-refractivity contribution in [1.29, 1.82) is 0 Å². The molecule has 1 aliphatic rings. The van der Waals surface area contributed by atoms with Crippen LogP contribution in [-0.4, -0.2) is 0 Å². The molecule has 0 radical (unpaired) electrons. The summed E-state index contributed by atoms with van der Waals surface area (Å²) in [6.45, 7) is 6.95. The van der Waals surface area contributed by atoms with Gasteiger partial charge in [-0.2, -0.15) is 0 Å². The number of hydrogen-bond acceptors (Lipinski definition) is 0. The summed E-state index contributed by atoms with van der Waals surface area (Å²) in [5, 5.41) is 0. The lowest BCUT2D eigenvalue weighted by molar-refractivity contribution is 0.735. The largest absolute Gasteiger partial charge is 0.0654 e. The highest BCUT2D eigenvalue weighted by Gasteiger charge is 2.24. The molecular weight excluding hydrogens is 300 g/mol. The van der Waals surface area contributed by atoms with Gasteiger partial charge in [0, 0.05) is 0 Å². The van der Waals surface area contributed by atoms with Crippen LogP contribution in [-0.2, 0) is 25.7 Å². The minimum Gasteiger partial charge on any atom is -0.0654 e. The summed E-state index contributed by atoms with van der Waals surface area (Å²) < 4.78 is 0. The number of aryl methyl sites for hydroxylation is 1. The summed E-state index contributed by atoms with van der Waals surface area (Å²) in [6, 6.07) is 11.7. The lowest BCUT2D eigenvalue weighted by Gasteiger charge is -2.20. The Morgan fingerprint density at radius 3 is 2.08 bits per heavy atom. The molecule has 2 aromatic carbocycles. The molecule has 0 heterocycles. The van der Waals surface area contributed by atoms with Gasteiger partial charge in [-0.05, 0) is 83.9 Å². The predicted molar refractivity (Wildman–Crippen MR) is 111 cm³/mol. The molecule has 0 amide bonds. The summed E-state index contributed by atoms with van der Waals surface area (Å²) in [6.07, 6.45) is 12.7. The average Bonchev–Trinajstić information content (AvgIpc) is 3.01. The van der Waals surface area contributed by atoms with Crippen LogP contribution in [0.3, 0.4) is 0 Å². The Morgan fingerprint density at radius 1 is 0.720 bits per heavy atom. The van der Waals surface area contributed by atoms with E-state index in [1.54, 1.807) is 27.8 Å². The molecule has 0 N–H and O–H groups in total. The van der Waals surface area contributed by atoms with Crippen molar-refractivity contribution in [2.45, 2.75) is 85.0 Å². The molecule has 1 aliphatic carbocycles. The van der Waals surface area contributed by atoms with Gasteiger partial charge in [0.15, 0.2) is 0 Å². The topological polar surface area (TPSA) is 0 Å². The average molecular weight is 335 g/mol. The maximum Gasteiger partial charge on any atom is -0.00132 e. The van der Waals surface area contributed by atoms with Crippen LogP contribution in [0.25, 0.3) is 11.1 Å². The molecule has 0 unspecified atom stereocenters. The van der Waals surface area contributed by atoms with E-state index in [1.165, 1.54) is 68.9 Å². The molecule has 0 atom stereocenters. The van der Waals surface area contributed by atoms with Crippen LogP contribution in [0.15, 0.2) is 30.3 Å². The molecule has 0 heteroatoms. The Kier molecular flexibility index (Phi) is 6.34. The molecule has 3 rings (SSSR count). The van der Waals surface area contributed by atoms with E-state index in [9.17, 15) is 0 Å². The number of fused-ring (bicyclic) bond motifs is 3. The molecule has 0 aromatic heterocycles. The zero-order valence-corrected chi connectivity index (χ0v) is 16.5. The minimum atomic E-state index is 1.14. The molecule has 0 aliphatic heterocycles. The molecule has 0 spiro atoms. The molecule has 0 fully saturated rings. The fourth-order valence-electron chi connectivity index (χ4n) is 4.39. The molecule has 0 saturated carbocycles. The third kappa shape index (κ3) is 3.84. The van der Waals surface area contributed by atoms with Crippen molar-refractivity contribution in [2.24, 2.45) is 0 Å². The molecule has 134 valence electrons. The van der Waals surface area contributed by atoms with E-state index in [2.05, 4.69) is 51.1 Å². The van der Waals surface area contributed by atoms with Gasteiger partial charge in [0.2, 0.25) is 0 Å². The van der Waals surface area contributed by atoms with E-state index in [4.69, 9.17) is 0 Å². The zero-order valence-electron chi connectivity index (χ0n) is 16.5. The first-order chi connectivity index (χ1) is 12.3. The van der Waals surface area contributed by atoms with Crippen LogP contribution in [0.1, 0.15) is 87.1 Å². The van der Waals surface area contributed by atoms with Crippen LogP contribution >= 0.6 is 0 Å². The lowest BCUT2D eigenvalue weighted by Crippen LogP contribution is -2.05. The number of unbranched alkanes of at least 4 members (excludes halogenated alkanes) is 3. The normalized spacial score (nSPS) is 12.3. The monoisotopic (exact) mass is 334 g/mol. The highest BCUT2D eigenvalue weighted by atomic mass is 14.3. The van der Waals surface area contributed by atoms with Gasteiger partial charge in [-0.1, -0.05) is 70.4 Å². The van der Waals surface area contributed by atoms with Gasteiger partial charge in [0.05, 0.1) is 0 Å². The first-order valence-corrected chi connectivity index (χ1v) is 10.5. The van der Waals surface area contributed by atoms with Gasteiger partial charge >= 0.3 is 0 Å². The van der Waals surface area contributed by atoms with Gasteiger partial charge in [0.25, 0.3) is 0 Å². The van der Waals surface area contributed by atoms with Crippen LogP contribution in [0, 0.1) is 0 Å². The Balaban J connectivity index is 2.13. The van der Waals surface area contributed by atoms with Crippen molar-refractivity contribution in [3.63, 3.8) is 0 Å². The van der Waals surface area contributed by atoms with E-state index in [0.717, 1.165) is 6.42 Å². The summed E-state index contributed by atoms with van der Waals surface area (Å²) in [5.74, 6) is 0. The van der Waals surface area contributed by atoms with Crippen molar-refractivity contribution >= 4 is 0 Å². The Bertz CT molecular complexity index is 708. The third-order valence-corrected chi connectivity index (χ3v) is 5.75. The molecule has 0 bridgehead atoms. The van der Waals surface area contributed by atoms with Crippen molar-refractivity contribution < 1.29 is 0 Å². The van der Waals surface area contributed by atoms with Crippen LogP contribution in [0.5, 0.6) is 0 Å². The van der Waals surface area contributed by atoms with E-state index in [1.807, 2.05) is 0 Å². The second-order valence-electron chi connectivity index (χ2n) is 7.67. The molecular formula is C25H34. The minimum absolute atomic E-state index is 1.14. The fourth-order valence-corrected chi connectivity index (χ4v) is 4.39. The second kappa shape index (κ2) is 8.70. The van der Waals surface area contributed by atoms with Gasteiger partial charge in [-0.15, -0.1) is 0 Å². The quantitative estimate of drug-likeness (QED) is 0.385. The SMILES string of the molecule is CCCCc1cc2c(c(CCCC)c1CCCC)-c1ccccc1C2. The zero-order chi connectivity index (χ0) is 17.6. The Hall–Kier alpha value is -1.56. The van der Waals surface area contributed by atoms with Crippen LogP contribution < -0.4 is 0 Å². The predicted octanol–water partition coefficient (Wildman–Crippen LogP) is 7.29. The van der Waals surface area contributed by atoms with E-state index >= 15 is 0 Å². The summed E-state index contributed by atoms with van der Waals surface area (Å²) in [5.41, 5.74) is 11.3. The molecule has 25 heavy (non-hydrogen) atoms. The maximum atomic E-state index is 2.57. The van der Waals surface area contributed by atoms with Gasteiger partial charge < -0.3 is 0 Å².